The minimum atomic E-state index is 0.181. The highest BCUT2D eigenvalue weighted by molar-refractivity contribution is 6.06. The molecule has 17 heavy (non-hydrogen) atoms. The standard InChI is InChI=1S/C13H19NO.C2H6/c1-8-7-13(8)10(3)9(2)11(15)6-12(13)14(4)5;1-2/h6,8H,7H2,1-5H3;1-2H3. The Bertz CT molecular complexity index is 390. The Morgan fingerprint density at radius 2 is 1.76 bits per heavy atom. The predicted octanol–water partition coefficient (Wildman–Crippen LogP) is 3.40. The summed E-state index contributed by atoms with van der Waals surface area (Å²) in [7, 11) is 4.06. The molecular formula is C15H25NO. The van der Waals surface area contributed by atoms with Crippen molar-refractivity contribution in [2.24, 2.45) is 11.3 Å². The van der Waals surface area contributed by atoms with Crippen LogP contribution < -0.4 is 0 Å². The number of allylic oxidation sites excluding steroid dienone is 3. The Morgan fingerprint density at radius 1 is 1.29 bits per heavy atom. The van der Waals surface area contributed by atoms with Crippen LogP contribution in [-0.4, -0.2) is 24.8 Å². The minimum Gasteiger partial charge on any atom is -0.380 e. The van der Waals surface area contributed by atoms with E-state index in [0.29, 0.717) is 5.92 Å². The van der Waals surface area contributed by atoms with Gasteiger partial charge < -0.3 is 4.90 Å². The molecule has 1 fully saturated rings. The molecule has 0 amide bonds. The van der Waals surface area contributed by atoms with Gasteiger partial charge in [-0.2, -0.15) is 0 Å². The molecule has 2 rings (SSSR count). The largest absolute Gasteiger partial charge is 0.380 e. The molecule has 96 valence electrons. The van der Waals surface area contributed by atoms with Crippen LogP contribution >= 0.6 is 0 Å². The summed E-state index contributed by atoms with van der Waals surface area (Å²) < 4.78 is 0. The monoisotopic (exact) mass is 235 g/mol. The first-order valence-electron chi connectivity index (χ1n) is 6.53. The summed E-state index contributed by atoms with van der Waals surface area (Å²) >= 11 is 0. The van der Waals surface area contributed by atoms with E-state index in [4.69, 9.17) is 0 Å². The maximum absolute atomic E-state index is 11.8. The zero-order chi connectivity index (χ0) is 13.4. The third kappa shape index (κ3) is 1.94. The van der Waals surface area contributed by atoms with Crippen LogP contribution in [0.4, 0.5) is 0 Å². The number of carbonyl (C=O) groups excluding carboxylic acids is 1. The molecule has 0 aromatic heterocycles. The molecule has 2 unspecified atom stereocenters. The van der Waals surface area contributed by atoms with Gasteiger partial charge in [0.15, 0.2) is 5.78 Å². The highest BCUT2D eigenvalue weighted by Crippen LogP contribution is 2.64. The summed E-state index contributed by atoms with van der Waals surface area (Å²) in [5.41, 5.74) is 3.61. The first kappa shape index (κ1) is 14.0. The van der Waals surface area contributed by atoms with E-state index in [2.05, 4.69) is 18.7 Å². The molecule has 0 bridgehead atoms. The van der Waals surface area contributed by atoms with Gasteiger partial charge >= 0.3 is 0 Å². The maximum Gasteiger partial charge on any atom is 0.183 e. The van der Waals surface area contributed by atoms with E-state index in [1.165, 1.54) is 17.7 Å². The number of carbonyl (C=O) groups is 1. The van der Waals surface area contributed by atoms with Gasteiger partial charge in [-0.25, -0.2) is 0 Å². The van der Waals surface area contributed by atoms with Gasteiger partial charge in [0.1, 0.15) is 0 Å². The van der Waals surface area contributed by atoms with Crippen molar-refractivity contribution in [3.05, 3.63) is 22.9 Å². The number of hydrogen-bond donors (Lipinski definition) is 0. The van der Waals surface area contributed by atoms with Crippen LogP contribution in [0.1, 0.15) is 41.0 Å². The molecule has 0 aromatic carbocycles. The summed E-state index contributed by atoms with van der Waals surface area (Å²) in [6.45, 7) is 10.3. The van der Waals surface area contributed by atoms with Crippen LogP contribution in [0.15, 0.2) is 22.9 Å². The van der Waals surface area contributed by atoms with E-state index < -0.39 is 0 Å². The summed E-state index contributed by atoms with van der Waals surface area (Å²) in [5.74, 6) is 0.857. The zero-order valence-corrected chi connectivity index (χ0v) is 12.2. The first-order valence-corrected chi connectivity index (χ1v) is 6.53. The lowest BCUT2D eigenvalue weighted by Crippen LogP contribution is -2.28. The Labute approximate surface area is 105 Å². The number of rotatable bonds is 1. The van der Waals surface area contributed by atoms with E-state index in [0.717, 1.165) is 5.57 Å². The molecule has 0 radical (unpaired) electrons. The minimum absolute atomic E-state index is 0.181. The van der Waals surface area contributed by atoms with Gasteiger partial charge in [-0.1, -0.05) is 26.3 Å². The second-order valence-electron chi connectivity index (χ2n) is 5.11. The SMILES string of the molecule is CC.CC1=C(C)C2(CC2C)C(N(C)C)=CC1=O. The van der Waals surface area contributed by atoms with Crippen molar-refractivity contribution < 1.29 is 4.79 Å². The fraction of sp³-hybridized carbons (Fsp3) is 0.667. The number of nitrogens with zero attached hydrogens (tertiary/aromatic N) is 1. The highest BCUT2D eigenvalue weighted by atomic mass is 16.1. The Kier molecular flexibility index (Phi) is 3.85. The van der Waals surface area contributed by atoms with Crippen molar-refractivity contribution in [2.75, 3.05) is 14.1 Å². The van der Waals surface area contributed by atoms with Gasteiger partial charge in [0.25, 0.3) is 0 Å². The second-order valence-corrected chi connectivity index (χ2v) is 5.11. The zero-order valence-electron chi connectivity index (χ0n) is 12.2. The van der Waals surface area contributed by atoms with Crippen LogP contribution in [0.5, 0.6) is 0 Å². The van der Waals surface area contributed by atoms with Crippen LogP contribution in [0, 0.1) is 11.3 Å². The molecule has 1 saturated carbocycles. The third-order valence-corrected chi connectivity index (χ3v) is 4.12. The molecule has 0 aromatic rings. The quantitative estimate of drug-likeness (QED) is 0.694. The summed E-state index contributed by atoms with van der Waals surface area (Å²) in [6.07, 6.45) is 3.01. The predicted molar refractivity (Wildman–Crippen MR) is 72.7 cm³/mol. The molecule has 2 nitrogen and oxygen atoms in total. The first-order chi connectivity index (χ1) is 7.91. The van der Waals surface area contributed by atoms with E-state index in [9.17, 15) is 4.79 Å². The van der Waals surface area contributed by atoms with Crippen molar-refractivity contribution in [1.29, 1.82) is 0 Å². The summed E-state index contributed by atoms with van der Waals surface area (Å²) in [4.78, 5) is 13.9. The van der Waals surface area contributed by atoms with Crippen molar-refractivity contribution in [3.8, 4) is 0 Å². The van der Waals surface area contributed by atoms with E-state index in [1.807, 2.05) is 40.9 Å². The lowest BCUT2D eigenvalue weighted by atomic mass is 9.81. The van der Waals surface area contributed by atoms with Crippen molar-refractivity contribution in [2.45, 2.75) is 41.0 Å². The Morgan fingerprint density at radius 3 is 2.12 bits per heavy atom. The summed E-state index contributed by atoms with van der Waals surface area (Å²) in [6, 6.07) is 0. The number of hydrogen-bond acceptors (Lipinski definition) is 2. The molecule has 0 N–H and O–H groups in total. The molecule has 0 heterocycles. The van der Waals surface area contributed by atoms with Crippen LogP contribution in [0.3, 0.4) is 0 Å². The Hall–Kier alpha value is -1.05. The molecule has 2 aliphatic carbocycles. The lowest BCUT2D eigenvalue weighted by molar-refractivity contribution is -0.111. The van der Waals surface area contributed by atoms with Gasteiger partial charge in [0.05, 0.1) is 0 Å². The Balaban J connectivity index is 0.000000686. The summed E-state index contributed by atoms with van der Waals surface area (Å²) in [5, 5.41) is 0. The van der Waals surface area contributed by atoms with Crippen LogP contribution in [-0.2, 0) is 4.79 Å². The van der Waals surface area contributed by atoms with E-state index in [1.54, 1.807) is 0 Å². The van der Waals surface area contributed by atoms with Crippen LogP contribution in [0.2, 0.25) is 0 Å². The van der Waals surface area contributed by atoms with Crippen molar-refractivity contribution in [3.63, 3.8) is 0 Å². The molecular weight excluding hydrogens is 210 g/mol. The molecule has 1 spiro atoms. The van der Waals surface area contributed by atoms with Crippen molar-refractivity contribution >= 4 is 5.78 Å². The van der Waals surface area contributed by atoms with Gasteiger partial charge in [0, 0.05) is 31.3 Å². The molecule has 0 aliphatic heterocycles. The van der Waals surface area contributed by atoms with Gasteiger partial charge in [-0.3, -0.25) is 4.79 Å². The van der Waals surface area contributed by atoms with E-state index in [-0.39, 0.29) is 11.2 Å². The fourth-order valence-electron chi connectivity index (χ4n) is 2.90. The average molecular weight is 235 g/mol. The maximum atomic E-state index is 11.8. The topological polar surface area (TPSA) is 20.3 Å². The molecule has 0 saturated heterocycles. The normalized spacial score (nSPS) is 30.9. The molecule has 2 heteroatoms. The van der Waals surface area contributed by atoms with Gasteiger partial charge in [-0.05, 0) is 31.8 Å². The second kappa shape index (κ2) is 4.67. The highest BCUT2D eigenvalue weighted by Gasteiger charge is 2.57. The smallest absolute Gasteiger partial charge is 0.183 e. The van der Waals surface area contributed by atoms with Crippen molar-refractivity contribution in [1.82, 2.24) is 4.90 Å². The lowest BCUT2D eigenvalue weighted by Gasteiger charge is -2.32. The van der Waals surface area contributed by atoms with Crippen LogP contribution in [0.25, 0.3) is 0 Å². The van der Waals surface area contributed by atoms with Gasteiger partial charge in [-0.15, -0.1) is 0 Å². The van der Waals surface area contributed by atoms with E-state index >= 15 is 0 Å². The third-order valence-electron chi connectivity index (χ3n) is 4.12. The fourth-order valence-corrected chi connectivity index (χ4v) is 2.90. The molecule has 2 atom stereocenters. The molecule has 2 aliphatic rings. The van der Waals surface area contributed by atoms with Gasteiger partial charge in [0.2, 0.25) is 0 Å². The number of ketones is 1. The average Bonchev–Trinajstić information content (AvgIpc) is 2.96.